The summed E-state index contributed by atoms with van der Waals surface area (Å²) >= 11 is 0. The SMILES string of the molecule is C=N/C=C\c1c(-c2cc(S(C)(=O)=O)ccc2OCCC)cn(C)c(=O)c1C. The Bertz CT molecular complexity index is 1050. The van der Waals surface area contributed by atoms with Crippen LogP contribution in [-0.4, -0.2) is 32.6 Å². The van der Waals surface area contributed by atoms with E-state index in [9.17, 15) is 13.2 Å². The molecule has 0 amide bonds. The first-order chi connectivity index (χ1) is 12.7. The highest BCUT2D eigenvalue weighted by Gasteiger charge is 2.18. The smallest absolute Gasteiger partial charge is 0.253 e. The second kappa shape index (κ2) is 8.35. The number of aliphatic imine (C=N–C) groups is 1. The molecule has 0 aliphatic rings. The molecule has 0 saturated heterocycles. The van der Waals surface area contributed by atoms with Crippen LogP contribution in [0.1, 0.15) is 24.5 Å². The van der Waals surface area contributed by atoms with Crippen molar-refractivity contribution in [3.63, 3.8) is 0 Å². The van der Waals surface area contributed by atoms with Gasteiger partial charge in [0.1, 0.15) is 5.75 Å². The summed E-state index contributed by atoms with van der Waals surface area (Å²) in [5.74, 6) is 0.559. The topological polar surface area (TPSA) is 77.7 Å². The van der Waals surface area contributed by atoms with Crippen LogP contribution in [-0.2, 0) is 16.9 Å². The van der Waals surface area contributed by atoms with Crippen LogP contribution >= 0.6 is 0 Å². The highest BCUT2D eigenvalue weighted by atomic mass is 32.2. The standard InChI is InChI=1S/C20H24N2O4S/c1-6-11-26-19-8-7-15(27(5,24)25)12-17(19)18-13-22(4)20(23)14(2)16(18)9-10-21-3/h7-10,12-13H,3,6,11H2,1-2,4-5H3/b10-9-. The van der Waals surface area contributed by atoms with Crippen molar-refractivity contribution >= 4 is 22.6 Å². The second-order valence-electron chi connectivity index (χ2n) is 6.27. The molecule has 6 nitrogen and oxygen atoms in total. The summed E-state index contributed by atoms with van der Waals surface area (Å²) in [4.78, 5) is 16.3. The van der Waals surface area contributed by atoms with Gasteiger partial charge in [0, 0.05) is 42.4 Å². The first-order valence-corrected chi connectivity index (χ1v) is 10.4. The van der Waals surface area contributed by atoms with Gasteiger partial charge in [-0.15, -0.1) is 0 Å². The van der Waals surface area contributed by atoms with Gasteiger partial charge in [0.05, 0.1) is 11.5 Å². The predicted octanol–water partition coefficient (Wildman–Crippen LogP) is 3.22. The normalized spacial score (nSPS) is 11.7. The van der Waals surface area contributed by atoms with Crippen molar-refractivity contribution in [1.29, 1.82) is 0 Å². The summed E-state index contributed by atoms with van der Waals surface area (Å²) in [7, 11) is -1.74. The maximum atomic E-state index is 12.4. The molecule has 0 spiro atoms. The van der Waals surface area contributed by atoms with E-state index in [0.717, 1.165) is 12.7 Å². The molecule has 0 atom stereocenters. The van der Waals surface area contributed by atoms with Gasteiger partial charge in [-0.3, -0.25) is 9.79 Å². The van der Waals surface area contributed by atoms with Crippen molar-refractivity contribution in [3.05, 3.63) is 52.1 Å². The fourth-order valence-corrected chi connectivity index (χ4v) is 3.40. The van der Waals surface area contributed by atoms with E-state index < -0.39 is 9.84 Å². The first-order valence-electron chi connectivity index (χ1n) is 8.50. The van der Waals surface area contributed by atoms with Crippen LogP contribution in [0.4, 0.5) is 0 Å². The Morgan fingerprint density at radius 3 is 2.59 bits per heavy atom. The molecule has 0 saturated carbocycles. The van der Waals surface area contributed by atoms with Gasteiger partial charge >= 0.3 is 0 Å². The predicted molar refractivity (Wildman–Crippen MR) is 109 cm³/mol. The van der Waals surface area contributed by atoms with Crippen LogP contribution in [0.15, 0.2) is 45.3 Å². The number of hydrogen-bond donors (Lipinski definition) is 0. The van der Waals surface area contributed by atoms with Gasteiger partial charge in [-0.2, -0.15) is 0 Å². The minimum absolute atomic E-state index is 0.141. The summed E-state index contributed by atoms with van der Waals surface area (Å²) in [6, 6.07) is 4.76. The number of aryl methyl sites for hydroxylation is 1. The van der Waals surface area contributed by atoms with E-state index in [-0.39, 0.29) is 10.5 Å². The number of benzene rings is 1. The molecule has 0 radical (unpaired) electrons. The van der Waals surface area contributed by atoms with E-state index in [1.54, 1.807) is 38.4 Å². The average Bonchev–Trinajstić information content (AvgIpc) is 2.62. The molecule has 0 aliphatic carbocycles. The van der Waals surface area contributed by atoms with Crippen LogP contribution in [0.3, 0.4) is 0 Å². The number of pyridine rings is 1. The molecule has 27 heavy (non-hydrogen) atoms. The molecule has 144 valence electrons. The van der Waals surface area contributed by atoms with Crippen molar-refractivity contribution in [3.8, 4) is 16.9 Å². The minimum atomic E-state index is -3.40. The van der Waals surface area contributed by atoms with E-state index in [4.69, 9.17) is 4.74 Å². The van der Waals surface area contributed by atoms with Crippen LogP contribution in [0, 0.1) is 6.92 Å². The molecule has 2 aromatic rings. The van der Waals surface area contributed by atoms with Gasteiger partial charge in [0.25, 0.3) is 5.56 Å². The third-order valence-corrected chi connectivity index (χ3v) is 5.25. The lowest BCUT2D eigenvalue weighted by atomic mass is 9.97. The van der Waals surface area contributed by atoms with E-state index in [2.05, 4.69) is 11.7 Å². The quantitative estimate of drug-likeness (QED) is 0.682. The van der Waals surface area contributed by atoms with E-state index in [1.165, 1.54) is 16.8 Å². The van der Waals surface area contributed by atoms with Crippen molar-refractivity contribution in [2.24, 2.45) is 12.0 Å². The van der Waals surface area contributed by atoms with Crippen LogP contribution in [0.25, 0.3) is 17.2 Å². The molecular weight excluding hydrogens is 364 g/mol. The monoisotopic (exact) mass is 388 g/mol. The van der Waals surface area contributed by atoms with Crippen LogP contribution < -0.4 is 10.3 Å². The van der Waals surface area contributed by atoms with Crippen molar-refractivity contribution in [1.82, 2.24) is 4.57 Å². The fourth-order valence-electron chi connectivity index (χ4n) is 2.75. The third kappa shape index (κ3) is 4.54. The zero-order valence-electron chi connectivity index (χ0n) is 16.0. The Kier molecular flexibility index (Phi) is 6.38. The molecule has 2 rings (SSSR count). The maximum Gasteiger partial charge on any atom is 0.253 e. The van der Waals surface area contributed by atoms with E-state index in [1.807, 2.05) is 6.92 Å². The summed E-state index contributed by atoms with van der Waals surface area (Å²) < 4.78 is 31.4. The molecule has 7 heteroatoms. The minimum Gasteiger partial charge on any atom is -0.493 e. The van der Waals surface area contributed by atoms with Crippen molar-refractivity contribution in [2.75, 3.05) is 12.9 Å². The summed E-state index contributed by atoms with van der Waals surface area (Å²) in [5, 5.41) is 0. The Morgan fingerprint density at radius 2 is 2.00 bits per heavy atom. The molecule has 0 aliphatic heterocycles. The summed E-state index contributed by atoms with van der Waals surface area (Å²) in [6.45, 7) is 7.64. The number of hydrogen-bond acceptors (Lipinski definition) is 5. The molecule has 0 fully saturated rings. The van der Waals surface area contributed by atoms with Gasteiger partial charge in [-0.05, 0) is 49.9 Å². The largest absolute Gasteiger partial charge is 0.493 e. The maximum absolute atomic E-state index is 12.4. The fraction of sp³-hybridized carbons (Fsp3) is 0.300. The Balaban J connectivity index is 2.87. The number of ether oxygens (including phenoxy) is 1. The summed E-state index contributed by atoms with van der Waals surface area (Å²) in [6.07, 6.45) is 6.84. The van der Waals surface area contributed by atoms with Crippen LogP contribution in [0.5, 0.6) is 5.75 Å². The van der Waals surface area contributed by atoms with E-state index >= 15 is 0 Å². The van der Waals surface area contributed by atoms with Crippen LogP contribution in [0.2, 0.25) is 0 Å². The van der Waals surface area contributed by atoms with Gasteiger partial charge in [0.15, 0.2) is 9.84 Å². The third-order valence-electron chi connectivity index (χ3n) is 4.14. The lowest BCUT2D eigenvalue weighted by molar-refractivity contribution is 0.318. The molecule has 0 bridgehead atoms. The number of sulfone groups is 1. The molecule has 1 heterocycles. The highest BCUT2D eigenvalue weighted by molar-refractivity contribution is 7.90. The number of nitrogens with zero attached hydrogens (tertiary/aromatic N) is 2. The lowest BCUT2D eigenvalue weighted by Crippen LogP contribution is -2.20. The zero-order chi connectivity index (χ0) is 20.2. The number of aromatic nitrogens is 1. The molecule has 1 aromatic carbocycles. The second-order valence-corrected chi connectivity index (χ2v) is 8.29. The molecular formula is C20H24N2O4S. The molecule has 0 N–H and O–H groups in total. The molecule has 1 aromatic heterocycles. The first kappa shape index (κ1) is 20.6. The Labute approximate surface area is 159 Å². The van der Waals surface area contributed by atoms with Gasteiger partial charge in [0.2, 0.25) is 0 Å². The average molecular weight is 388 g/mol. The Morgan fingerprint density at radius 1 is 1.30 bits per heavy atom. The van der Waals surface area contributed by atoms with Gasteiger partial charge in [-0.1, -0.05) is 6.92 Å². The van der Waals surface area contributed by atoms with Gasteiger partial charge in [-0.25, -0.2) is 8.42 Å². The van der Waals surface area contributed by atoms with Crippen molar-refractivity contribution in [2.45, 2.75) is 25.2 Å². The number of rotatable bonds is 7. The van der Waals surface area contributed by atoms with E-state index in [0.29, 0.717) is 34.6 Å². The Hall–Kier alpha value is -2.67. The highest BCUT2D eigenvalue weighted by Crippen LogP contribution is 2.35. The molecule has 0 unspecified atom stereocenters. The summed E-state index contributed by atoms with van der Waals surface area (Å²) in [5.41, 5.74) is 2.33. The van der Waals surface area contributed by atoms with Gasteiger partial charge < -0.3 is 9.30 Å². The lowest BCUT2D eigenvalue weighted by Gasteiger charge is -2.17. The zero-order valence-corrected chi connectivity index (χ0v) is 16.8. The van der Waals surface area contributed by atoms with Crippen molar-refractivity contribution < 1.29 is 13.2 Å².